The summed E-state index contributed by atoms with van der Waals surface area (Å²) in [6.07, 6.45) is 6.21. The number of aromatic nitrogens is 3. The zero-order chi connectivity index (χ0) is 23.9. The molecule has 10 nitrogen and oxygen atoms in total. The number of aromatic hydroxyl groups is 1. The first kappa shape index (κ1) is 23.0. The van der Waals surface area contributed by atoms with Crippen molar-refractivity contribution in [2.75, 3.05) is 19.7 Å². The molecule has 2 aromatic rings. The minimum absolute atomic E-state index is 0.0397. The molecule has 0 bridgehead atoms. The number of hydrogen-bond donors (Lipinski definition) is 2. The molecule has 2 N–H and O–H groups in total. The predicted molar refractivity (Wildman–Crippen MR) is 122 cm³/mol. The molecule has 3 heterocycles. The molecule has 0 spiro atoms. The van der Waals surface area contributed by atoms with Crippen LogP contribution in [0.5, 0.6) is 5.88 Å². The van der Waals surface area contributed by atoms with Crippen molar-refractivity contribution in [1.82, 2.24) is 24.4 Å². The van der Waals surface area contributed by atoms with E-state index in [-0.39, 0.29) is 23.4 Å². The second-order valence-electron chi connectivity index (χ2n) is 9.79. The molecule has 33 heavy (non-hydrogen) atoms. The van der Waals surface area contributed by atoms with Gasteiger partial charge in [0.2, 0.25) is 11.8 Å². The normalized spacial score (nSPS) is 18.4. The zero-order valence-corrected chi connectivity index (χ0v) is 19.5. The monoisotopic (exact) mass is 457 g/mol. The molecule has 10 heteroatoms. The van der Waals surface area contributed by atoms with Crippen LogP contribution in [0.3, 0.4) is 0 Å². The Bertz CT molecular complexity index is 1170. The zero-order valence-electron chi connectivity index (χ0n) is 19.5. The summed E-state index contributed by atoms with van der Waals surface area (Å²) in [5.74, 6) is -1.05. The number of rotatable bonds is 6. The van der Waals surface area contributed by atoms with E-state index in [9.17, 15) is 19.5 Å². The quantitative estimate of drug-likeness (QED) is 0.633. The highest BCUT2D eigenvalue weighted by molar-refractivity contribution is 5.97. The highest BCUT2D eigenvalue weighted by atomic mass is 16.5. The second kappa shape index (κ2) is 8.66. The lowest BCUT2D eigenvalue weighted by Crippen LogP contribution is -2.50. The summed E-state index contributed by atoms with van der Waals surface area (Å²) in [6, 6.07) is 0.0397. The third-order valence-electron chi connectivity index (χ3n) is 5.74. The van der Waals surface area contributed by atoms with Crippen LogP contribution in [0.25, 0.3) is 11.7 Å². The van der Waals surface area contributed by atoms with E-state index in [1.165, 1.54) is 16.8 Å². The number of carbonyl (C=O) groups excluding carboxylic acids is 2. The van der Waals surface area contributed by atoms with Gasteiger partial charge in [0.1, 0.15) is 5.65 Å². The molecule has 0 atom stereocenters. The van der Waals surface area contributed by atoms with E-state index in [2.05, 4.69) is 10.4 Å². The molecule has 4 rings (SSSR count). The Morgan fingerprint density at radius 2 is 2.09 bits per heavy atom. The Kier molecular flexibility index (Phi) is 6.04. The molecule has 2 fully saturated rings. The topological polar surface area (TPSA) is 118 Å². The number of ether oxygens (including phenoxy) is 1. The van der Waals surface area contributed by atoms with Gasteiger partial charge in [-0.15, -0.1) is 0 Å². The van der Waals surface area contributed by atoms with Crippen LogP contribution in [0.1, 0.15) is 56.5 Å². The fourth-order valence-electron chi connectivity index (χ4n) is 4.02. The van der Waals surface area contributed by atoms with Gasteiger partial charge < -0.3 is 20.1 Å². The number of fused-ring (bicyclic) bond motifs is 1. The van der Waals surface area contributed by atoms with Gasteiger partial charge in [-0.2, -0.15) is 9.61 Å². The van der Waals surface area contributed by atoms with Crippen molar-refractivity contribution in [2.24, 2.45) is 5.92 Å². The van der Waals surface area contributed by atoms with Crippen molar-refractivity contribution in [3.05, 3.63) is 33.8 Å². The Hall–Kier alpha value is -3.14. The molecular formula is C23H31N5O5. The molecule has 178 valence electrons. The first-order valence-electron chi connectivity index (χ1n) is 11.3. The first-order chi connectivity index (χ1) is 15.6. The molecule has 0 aromatic carbocycles. The smallest absolute Gasteiger partial charge is 0.291 e. The fraction of sp³-hybridized carbons (Fsp3) is 0.565. The summed E-state index contributed by atoms with van der Waals surface area (Å²) < 4.78 is 8.29. The van der Waals surface area contributed by atoms with Gasteiger partial charge in [-0.1, -0.05) is 13.8 Å². The van der Waals surface area contributed by atoms with E-state index in [1.54, 1.807) is 11.0 Å². The van der Waals surface area contributed by atoms with E-state index in [0.29, 0.717) is 37.5 Å². The average Bonchev–Trinajstić information content (AvgIpc) is 3.44. The summed E-state index contributed by atoms with van der Waals surface area (Å²) in [6.45, 7) is 9.61. The highest BCUT2D eigenvalue weighted by Gasteiger charge is 2.31. The lowest BCUT2D eigenvalue weighted by atomic mass is 10.1. The van der Waals surface area contributed by atoms with Gasteiger partial charge in [-0.25, -0.2) is 0 Å². The van der Waals surface area contributed by atoms with Gasteiger partial charge in [0.05, 0.1) is 18.4 Å². The van der Waals surface area contributed by atoms with Crippen LogP contribution in [0.4, 0.5) is 0 Å². The Morgan fingerprint density at radius 1 is 1.36 bits per heavy atom. The number of nitrogens with zero attached hydrogens (tertiary/aromatic N) is 4. The van der Waals surface area contributed by atoms with Crippen LogP contribution in [0, 0.1) is 5.92 Å². The van der Waals surface area contributed by atoms with Gasteiger partial charge in [0.15, 0.2) is 5.56 Å². The van der Waals surface area contributed by atoms with E-state index in [0.717, 1.165) is 17.4 Å². The maximum atomic E-state index is 13.1. The lowest BCUT2D eigenvalue weighted by molar-refractivity contribution is -0.140. The maximum absolute atomic E-state index is 13.1. The third kappa shape index (κ3) is 4.80. The Balaban J connectivity index is 1.72. The molecule has 1 aliphatic carbocycles. The number of carbonyl (C=O) groups is 2. The van der Waals surface area contributed by atoms with E-state index in [1.807, 2.05) is 27.7 Å². The number of hydrogen-bond acceptors (Lipinski definition) is 6. The van der Waals surface area contributed by atoms with E-state index in [4.69, 9.17) is 4.74 Å². The predicted octanol–water partition coefficient (Wildman–Crippen LogP) is 1.40. The van der Waals surface area contributed by atoms with Crippen molar-refractivity contribution in [3.8, 4) is 5.88 Å². The summed E-state index contributed by atoms with van der Waals surface area (Å²) in [5.41, 5.74) is -0.590. The standard InChI is InChI=1S/C23H31N5O5/c1-14(2)12-27-20-15(5-8-17(29)26-9-10-33-23(3,4)13-26)11-24-28(20)22(32)18(21(27)31)19(30)25-16-6-7-16/h5,8,11,14,16,31H,6-7,9-10,12-13H2,1-4H3,(H,25,30)/b8-5+. The minimum Gasteiger partial charge on any atom is -0.494 e. The fourth-order valence-corrected chi connectivity index (χ4v) is 4.02. The van der Waals surface area contributed by atoms with Crippen molar-refractivity contribution >= 4 is 23.5 Å². The lowest BCUT2D eigenvalue weighted by Gasteiger charge is -2.37. The average molecular weight is 458 g/mol. The van der Waals surface area contributed by atoms with Gasteiger partial charge >= 0.3 is 0 Å². The van der Waals surface area contributed by atoms with Crippen molar-refractivity contribution < 1.29 is 19.4 Å². The van der Waals surface area contributed by atoms with Gasteiger partial charge in [0.25, 0.3) is 11.5 Å². The maximum Gasteiger partial charge on any atom is 0.291 e. The summed E-state index contributed by atoms with van der Waals surface area (Å²) in [7, 11) is 0. The number of nitrogens with one attached hydrogen (secondary N) is 1. The number of amides is 2. The van der Waals surface area contributed by atoms with E-state index < -0.39 is 22.9 Å². The molecule has 2 aliphatic rings. The van der Waals surface area contributed by atoms with Gasteiger partial charge in [0, 0.05) is 37.3 Å². The molecule has 0 radical (unpaired) electrons. The second-order valence-corrected chi connectivity index (χ2v) is 9.79. The number of morpholine rings is 1. The molecule has 1 saturated heterocycles. The molecule has 1 saturated carbocycles. The van der Waals surface area contributed by atoms with Crippen LogP contribution >= 0.6 is 0 Å². The molecular weight excluding hydrogens is 426 g/mol. The molecule has 2 amide bonds. The third-order valence-corrected chi connectivity index (χ3v) is 5.74. The summed E-state index contributed by atoms with van der Waals surface area (Å²) >= 11 is 0. The van der Waals surface area contributed by atoms with Crippen LogP contribution < -0.4 is 10.9 Å². The molecule has 2 aromatic heterocycles. The SMILES string of the molecule is CC(C)Cn1c(O)c(C(=O)NC2CC2)c(=O)n2ncc(/C=C/C(=O)N3CCOC(C)(C)C3)c12. The minimum atomic E-state index is -0.693. The van der Waals surface area contributed by atoms with Crippen LogP contribution in [0.2, 0.25) is 0 Å². The van der Waals surface area contributed by atoms with Crippen molar-refractivity contribution in [3.63, 3.8) is 0 Å². The van der Waals surface area contributed by atoms with Crippen molar-refractivity contribution in [2.45, 2.75) is 58.7 Å². The van der Waals surface area contributed by atoms with Gasteiger partial charge in [-0.3, -0.25) is 19.0 Å². The van der Waals surface area contributed by atoms with Crippen LogP contribution in [-0.2, 0) is 16.1 Å². The first-order valence-corrected chi connectivity index (χ1v) is 11.3. The Morgan fingerprint density at radius 3 is 2.73 bits per heavy atom. The highest BCUT2D eigenvalue weighted by Crippen LogP contribution is 2.25. The Labute approximate surface area is 191 Å². The van der Waals surface area contributed by atoms with Gasteiger partial charge in [-0.05, 0) is 38.7 Å². The molecule has 0 unspecified atom stereocenters. The van der Waals surface area contributed by atoms with Crippen molar-refractivity contribution in [1.29, 1.82) is 0 Å². The van der Waals surface area contributed by atoms with Crippen LogP contribution in [0.15, 0.2) is 17.1 Å². The molecule has 1 aliphatic heterocycles. The van der Waals surface area contributed by atoms with Crippen LogP contribution in [-0.4, -0.2) is 67.3 Å². The van der Waals surface area contributed by atoms with E-state index >= 15 is 0 Å². The summed E-state index contributed by atoms with van der Waals surface area (Å²) in [5, 5.41) is 17.9. The summed E-state index contributed by atoms with van der Waals surface area (Å²) in [4.78, 5) is 40.2. The largest absolute Gasteiger partial charge is 0.494 e.